The number of carboxylic acids is 1. The van der Waals surface area contributed by atoms with Crippen molar-refractivity contribution >= 4 is 5.97 Å². The molecule has 0 atom stereocenters. The van der Waals surface area contributed by atoms with Gasteiger partial charge in [-0.25, -0.2) is 4.79 Å². The zero-order valence-electron chi connectivity index (χ0n) is 11.6. The van der Waals surface area contributed by atoms with E-state index in [0.29, 0.717) is 12.1 Å². The fourth-order valence-corrected chi connectivity index (χ4v) is 2.83. The summed E-state index contributed by atoms with van der Waals surface area (Å²) in [5.41, 5.74) is 1.28. The Morgan fingerprint density at radius 3 is 2.63 bits per heavy atom. The molecule has 0 unspecified atom stereocenters. The van der Waals surface area contributed by atoms with Crippen LogP contribution in [0.5, 0.6) is 0 Å². The van der Waals surface area contributed by atoms with Crippen LogP contribution in [-0.4, -0.2) is 17.6 Å². The molecule has 1 fully saturated rings. The third kappa shape index (κ3) is 4.06. The first-order valence-corrected chi connectivity index (χ1v) is 7.18. The van der Waals surface area contributed by atoms with Crippen LogP contribution in [0.4, 0.5) is 0 Å². The summed E-state index contributed by atoms with van der Waals surface area (Å²) in [7, 11) is 0. The first-order valence-electron chi connectivity index (χ1n) is 7.18. The van der Waals surface area contributed by atoms with Crippen molar-refractivity contribution in [3.8, 4) is 0 Å². The summed E-state index contributed by atoms with van der Waals surface area (Å²) in [5.74, 6) is 0.793. The van der Waals surface area contributed by atoms with Crippen LogP contribution in [0.15, 0.2) is 24.3 Å². The van der Waals surface area contributed by atoms with Crippen LogP contribution in [0.3, 0.4) is 0 Å². The third-order valence-corrected chi connectivity index (χ3v) is 4.13. The summed E-state index contributed by atoms with van der Waals surface area (Å²) < 4.78 is 0. The second-order valence-corrected chi connectivity index (χ2v) is 5.72. The summed E-state index contributed by atoms with van der Waals surface area (Å²) in [6.45, 7) is 3.97. The number of rotatable bonds is 5. The molecular formula is C16H23NO2. The Bertz CT molecular complexity index is 423. The monoisotopic (exact) mass is 261 g/mol. The maximum atomic E-state index is 11.1. The minimum atomic E-state index is -0.844. The van der Waals surface area contributed by atoms with Crippen LogP contribution in [-0.2, 0) is 6.54 Å². The van der Waals surface area contributed by atoms with E-state index in [4.69, 9.17) is 5.11 Å². The summed E-state index contributed by atoms with van der Waals surface area (Å²) in [6, 6.07) is 7.22. The minimum absolute atomic E-state index is 0.410. The number of benzene rings is 1. The molecule has 3 nitrogen and oxygen atoms in total. The zero-order chi connectivity index (χ0) is 13.7. The lowest BCUT2D eigenvalue weighted by Gasteiger charge is -2.26. The van der Waals surface area contributed by atoms with E-state index >= 15 is 0 Å². The molecule has 0 aromatic heterocycles. The van der Waals surface area contributed by atoms with Crippen molar-refractivity contribution in [3.63, 3.8) is 0 Å². The number of aromatic carboxylic acids is 1. The molecule has 0 heterocycles. The van der Waals surface area contributed by atoms with Crippen molar-refractivity contribution in [2.24, 2.45) is 11.8 Å². The van der Waals surface area contributed by atoms with E-state index in [2.05, 4.69) is 12.2 Å². The Labute approximate surface area is 115 Å². The van der Waals surface area contributed by atoms with Crippen molar-refractivity contribution < 1.29 is 9.90 Å². The molecule has 0 spiro atoms. The van der Waals surface area contributed by atoms with Crippen molar-refractivity contribution in [2.45, 2.75) is 39.2 Å². The molecule has 0 bridgehead atoms. The van der Waals surface area contributed by atoms with E-state index in [1.54, 1.807) is 12.1 Å². The Balaban J connectivity index is 1.81. The van der Waals surface area contributed by atoms with Gasteiger partial charge in [0, 0.05) is 6.54 Å². The summed E-state index contributed by atoms with van der Waals surface area (Å²) >= 11 is 0. The van der Waals surface area contributed by atoms with Gasteiger partial charge in [0.05, 0.1) is 5.56 Å². The van der Waals surface area contributed by atoms with E-state index in [1.165, 1.54) is 25.7 Å². The van der Waals surface area contributed by atoms with Crippen LogP contribution >= 0.6 is 0 Å². The Hall–Kier alpha value is -1.35. The van der Waals surface area contributed by atoms with Crippen molar-refractivity contribution in [1.29, 1.82) is 0 Å². The molecular weight excluding hydrogens is 238 g/mol. The predicted molar refractivity (Wildman–Crippen MR) is 76.2 cm³/mol. The lowest BCUT2D eigenvalue weighted by Crippen LogP contribution is -2.26. The fourth-order valence-electron chi connectivity index (χ4n) is 2.83. The Morgan fingerprint density at radius 2 is 1.95 bits per heavy atom. The summed E-state index contributed by atoms with van der Waals surface area (Å²) in [4.78, 5) is 11.1. The van der Waals surface area contributed by atoms with Crippen LogP contribution in [0.1, 0.15) is 48.5 Å². The van der Waals surface area contributed by atoms with Gasteiger partial charge in [0.2, 0.25) is 0 Å². The van der Waals surface area contributed by atoms with E-state index in [1.807, 2.05) is 12.1 Å². The maximum absolute atomic E-state index is 11.1. The molecule has 1 aromatic rings. The first kappa shape index (κ1) is 14.1. The quantitative estimate of drug-likeness (QED) is 0.855. The van der Waals surface area contributed by atoms with E-state index in [-0.39, 0.29) is 0 Å². The number of nitrogens with one attached hydrogen (secondary N) is 1. The molecule has 104 valence electrons. The normalized spacial score (nSPS) is 23.2. The standard InChI is InChI=1S/C16H23NO2/c1-12-6-8-13(9-7-12)10-17-11-14-4-2-3-5-15(14)16(18)19/h2-5,12-13,17H,6-11H2,1H3,(H,18,19). The van der Waals surface area contributed by atoms with Crippen LogP contribution in [0.2, 0.25) is 0 Å². The molecule has 0 radical (unpaired) electrons. The van der Waals surface area contributed by atoms with E-state index in [9.17, 15) is 4.79 Å². The Morgan fingerprint density at radius 1 is 1.26 bits per heavy atom. The highest BCUT2D eigenvalue weighted by Gasteiger charge is 2.17. The molecule has 3 heteroatoms. The Kier molecular flexibility index (Phi) is 4.97. The molecule has 0 saturated heterocycles. The van der Waals surface area contributed by atoms with Gasteiger partial charge in [-0.2, -0.15) is 0 Å². The molecule has 1 aromatic carbocycles. The van der Waals surface area contributed by atoms with Gasteiger partial charge >= 0.3 is 5.97 Å². The molecule has 1 aliphatic rings. The number of carboxylic acid groups (broad SMARTS) is 1. The highest BCUT2D eigenvalue weighted by Crippen LogP contribution is 2.27. The summed E-state index contributed by atoms with van der Waals surface area (Å²) in [5, 5.41) is 12.5. The largest absolute Gasteiger partial charge is 0.478 e. The lowest BCUT2D eigenvalue weighted by atomic mass is 9.83. The SMILES string of the molecule is CC1CCC(CNCc2ccccc2C(=O)O)CC1. The molecule has 1 aliphatic carbocycles. The van der Waals surface area contributed by atoms with E-state index in [0.717, 1.165) is 23.9 Å². The molecule has 2 rings (SSSR count). The van der Waals surface area contributed by atoms with E-state index < -0.39 is 5.97 Å². The highest BCUT2D eigenvalue weighted by atomic mass is 16.4. The van der Waals surface area contributed by atoms with Crippen molar-refractivity contribution in [3.05, 3.63) is 35.4 Å². The minimum Gasteiger partial charge on any atom is -0.478 e. The van der Waals surface area contributed by atoms with Gasteiger partial charge in [-0.15, -0.1) is 0 Å². The van der Waals surface area contributed by atoms with Gasteiger partial charge < -0.3 is 10.4 Å². The van der Waals surface area contributed by atoms with Gasteiger partial charge in [-0.3, -0.25) is 0 Å². The highest BCUT2D eigenvalue weighted by molar-refractivity contribution is 5.89. The van der Waals surface area contributed by atoms with Crippen LogP contribution in [0, 0.1) is 11.8 Å². The van der Waals surface area contributed by atoms with Crippen molar-refractivity contribution in [2.75, 3.05) is 6.54 Å². The second kappa shape index (κ2) is 6.71. The number of hydrogen-bond acceptors (Lipinski definition) is 2. The lowest BCUT2D eigenvalue weighted by molar-refractivity contribution is 0.0695. The van der Waals surface area contributed by atoms with Crippen LogP contribution in [0.25, 0.3) is 0 Å². The summed E-state index contributed by atoms with van der Waals surface area (Å²) in [6.07, 6.45) is 5.26. The maximum Gasteiger partial charge on any atom is 0.336 e. The average molecular weight is 261 g/mol. The average Bonchev–Trinajstić information content (AvgIpc) is 2.41. The third-order valence-electron chi connectivity index (χ3n) is 4.13. The molecule has 0 amide bonds. The predicted octanol–water partition coefficient (Wildman–Crippen LogP) is 3.30. The fraction of sp³-hybridized carbons (Fsp3) is 0.562. The van der Waals surface area contributed by atoms with Gasteiger partial charge in [0.25, 0.3) is 0 Å². The number of carbonyl (C=O) groups is 1. The number of hydrogen-bond donors (Lipinski definition) is 2. The van der Waals surface area contributed by atoms with Crippen LogP contribution < -0.4 is 5.32 Å². The molecule has 2 N–H and O–H groups in total. The van der Waals surface area contributed by atoms with Gasteiger partial charge in [0.1, 0.15) is 0 Å². The first-order chi connectivity index (χ1) is 9.16. The molecule has 1 saturated carbocycles. The zero-order valence-corrected chi connectivity index (χ0v) is 11.6. The molecule has 0 aliphatic heterocycles. The van der Waals surface area contributed by atoms with Crippen molar-refractivity contribution in [1.82, 2.24) is 5.32 Å². The second-order valence-electron chi connectivity index (χ2n) is 5.72. The van der Waals surface area contributed by atoms with Gasteiger partial charge in [0.15, 0.2) is 0 Å². The van der Waals surface area contributed by atoms with Gasteiger partial charge in [-0.1, -0.05) is 38.0 Å². The topological polar surface area (TPSA) is 49.3 Å². The van der Waals surface area contributed by atoms with Gasteiger partial charge in [-0.05, 0) is 42.9 Å². The smallest absolute Gasteiger partial charge is 0.336 e. The molecule has 19 heavy (non-hydrogen) atoms.